The van der Waals surface area contributed by atoms with Crippen molar-refractivity contribution in [3.63, 3.8) is 0 Å². The van der Waals surface area contributed by atoms with E-state index in [2.05, 4.69) is 9.86 Å². The molecule has 60 valence electrons. The van der Waals surface area contributed by atoms with Crippen molar-refractivity contribution in [2.75, 3.05) is 0 Å². The van der Waals surface area contributed by atoms with Crippen molar-refractivity contribution < 1.29 is 0 Å². The molecule has 0 aliphatic rings. The molecule has 2 rings (SSSR count). The van der Waals surface area contributed by atoms with E-state index in [-0.39, 0.29) is 0 Å². The highest BCUT2D eigenvalue weighted by Crippen LogP contribution is 2.14. The molecule has 3 nitrogen and oxygen atoms in total. The van der Waals surface area contributed by atoms with Gasteiger partial charge in [0.2, 0.25) is 0 Å². The summed E-state index contributed by atoms with van der Waals surface area (Å²) in [5.41, 5.74) is 1.00. The van der Waals surface area contributed by atoms with Crippen LogP contribution in [0.25, 0.3) is 10.9 Å². The van der Waals surface area contributed by atoms with Gasteiger partial charge in [-0.25, -0.2) is 4.68 Å². The lowest BCUT2D eigenvalue weighted by Gasteiger charge is -1.92. The molecular weight excluding hydrogens is 174 g/mol. The van der Waals surface area contributed by atoms with Gasteiger partial charge in [-0.05, 0) is 17.4 Å². The number of hydrogen-bond acceptors (Lipinski definition) is 2. The molecule has 4 heteroatoms. The molecule has 0 saturated heterocycles. The van der Waals surface area contributed by atoms with Gasteiger partial charge in [-0.3, -0.25) is 0 Å². The Morgan fingerprint density at radius 1 is 1.17 bits per heavy atom. The molecule has 0 N–H and O–H groups in total. The summed E-state index contributed by atoms with van der Waals surface area (Å²) in [5.74, 6) is 0. The molecule has 0 aliphatic carbocycles. The second-order valence-corrected chi connectivity index (χ2v) is 2.54. The van der Waals surface area contributed by atoms with Crippen molar-refractivity contribution in [1.29, 1.82) is 0 Å². The summed E-state index contributed by atoms with van der Waals surface area (Å²) in [4.78, 5) is 0. The zero-order valence-electron chi connectivity index (χ0n) is 6.18. The Balaban J connectivity index is 2.70. The molecule has 2 aromatic rings. The molecule has 1 aromatic carbocycles. The Morgan fingerprint density at radius 2 is 2.00 bits per heavy atom. The van der Waals surface area contributed by atoms with Crippen LogP contribution >= 0.6 is 11.8 Å². The van der Waals surface area contributed by atoms with Crippen LogP contribution in [0.3, 0.4) is 0 Å². The quantitative estimate of drug-likeness (QED) is 0.603. The van der Waals surface area contributed by atoms with E-state index in [0.29, 0.717) is 0 Å². The fraction of sp³-hybridized carbons (Fsp3) is 0. The summed E-state index contributed by atoms with van der Waals surface area (Å²) in [5, 5.41) is 4.83. The third-order valence-corrected chi connectivity index (χ3v) is 1.78. The lowest BCUT2D eigenvalue weighted by molar-refractivity contribution is 0.859. The zero-order chi connectivity index (χ0) is 8.39. The smallest absolute Gasteiger partial charge is 0.0736 e. The topological polar surface area (TPSA) is 29.6 Å². The van der Waals surface area contributed by atoms with E-state index >= 15 is 0 Å². The van der Waals surface area contributed by atoms with Crippen LogP contribution in [0.4, 0.5) is 0 Å². The van der Waals surface area contributed by atoms with Crippen LogP contribution in [0.1, 0.15) is 0 Å². The van der Waals surface area contributed by atoms with Crippen LogP contribution in [-0.2, 0) is 0 Å². The molecule has 0 radical (unpaired) electrons. The van der Waals surface area contributed by atoms with Crippen molar-refractivity contribution in [2.45, 2.75) is 0 Å². The third-order valence-electron chi connectivity index (χ3n) is 1.71. The van der Waals surface area contributed by atoms with Crippen LogP contribution in [0.15, 0.2) is 46.4 Å². The minimum absolute atomic E-state index is 1.00. The highest BCUT2D eigenvalue weighted by Gasteiger charge is 1.96. The van der Waals surface area contributed by atoms with Crippen molar-refractivity contribution in [3.8, 4) is 0 Å². The minimum atomic E-state index is 1.00. The van der Waals surface area contributed by atoms with Gasteiger partial charge in [0, 0.05) is 11.6 Å². The van der Waals surface area contributed by atoms with Crippen molar-refractivity contribution >= 4 is 22.7 Å². The molecule has 0 spiro atoms. The minimum Gasteiger partial charge on any atom is -0.221 e. The molecule has 0 atom stereocenters. The van der Waals surface area contributed by atoms with Gasteiger partial charge < -0.3 is 0 Å². The number of para-hydroxylation sites is 1. The van der Waals surface area contributed by atoms with Crippen LogP contribution in [-0.4, -0.2) is 4.68 Å². The Labute approximate surface area is 74.4 Å². The van der Waals surface area contributed by atoms with Gasteiger partial charge in [-0.15, -0.1) is 0 Å². The van der Waals surface area contributed by atoms with Crippen LogP contribution in [0.2, 0.25) is 0 Å². The highest BCUT2D eigenvalue weighted by atomic mass is 35.5. The maximum Gasteiger partial charge on any atom is 0.0736 e. The fourth-order valence-corrected chi connectivity index (χ4v) is 1.26. The van der Waals surface area contributed by atoms with E-state index in [4.69, 9.17) is 11.8 Å². The second-order valence-electron chi connectivity index (χ2n) is 2.38. The van der Waals surface area contributed by atoms with E-state index in [1.54, 1.807) is 4.68 Å². The predicted molar refractivity (Wildman–Crippen MR) is 48.0 cm³/mol. The van der Waals surface area contributed by atoms with Crippen LogP contribution in [0.5, 0.6) is 0 Å². The molecule has 1 aromatic heterocycles. The predicted octanol–water partition coefficient (Wildman–Crippen LogP) is 3.01. The van der Waals surface area contributed by atoms with Gasteiger partial charge in [0.15, 0.2) is 0 Å². The van der Waals surface area contributed by atoms with Gasteiger partial charge in [0.1, 0.15) is 0 Å². The molecule has 0 aliphatic heterocycles. The first kappa shape index (κ1) is 7.31. The van der Waals surface area contributed by atoms with Gasteiger partial charge in [0.05, 0.1) is 17.3 Å². The van der Waals surface area contributed by atoms with Crippen LogP contribution < -0.4 is 0 Å². The van der Waals surface area contributed by atoms with Gasteiger partial charge >= 0.3 is 0 Å². The summed E-state index contributed by atoms with van der Waals surface area (Å²) in [7, 11) is 0. The maximum atomic E-state index is 5.13. The number of fused-ring (bicyclic) bond motifs is 1. The molecule has 12 heavy (non-hydrogen) atoms. The lowest BCUT2D eigenvalue weighted by Crippen LogP contribution is -1.81. The monoisotopic (exact) mass is 179 g/mol. The van der Waals surface area contributed by atoms with E-state index in [9.17, 15) is 0 Å². The molecule has 0 fully saturated rings. The molecule has 0 unspecified atom stereocenters. The van der Waals surface area contributed by atoms with E-state index in [0.717, 1.165) is 10.9 Å². The summed E-state index contributed by atoms with van der Waals surface area (Å²) in [6.45, 7) is 0. The average Bonchev–Trinajstić information content (AvgIpc) is 2.50. The van der Waals surface area contributed by atoms with Crippen molar-refractivity contribution in [1.82, 2.24) is 4.68 Å². The molecule has 0 bridgehead atoms. The summed E-state index contributed by atoms with van der Waals surface area (Å²) < 4.78 is 4.82. The lowest BCUT2D eigenvalue weighted by atomic mass is 10.3. The molecule has 0 saturated carbocycles. The summed E-state index contributed by atoms with van der Waals surface area (Å²) in [6, 6.07) is 9.85. The first-order valence-corrected chi connectivity index (χ1v) is 3.84. The van der Waals surface area contributed by atoms with E-state index < -0.39 is 0 Å². The fourth-order valence-electron chi connectivity index (χ4n) is 1.18. The molecule has 1 heterocycles. The summed E-state index contributed by atoms with van der Waals surface area (Å²) in [6.07, 6.45) is 1.82. The number of nitrogens with zero attached hydrogens (tertiary/aromatic N) is 3. The Hall–Kier alpha value is -1.35. The van der Waals surface area contributed by atoms with E-state index in [1.165, 1.54) is 0 Å². The largest absolute Gasteiger partial charge is 0.221 e. The van der Waals surface area contributed by atoms with Gasteiger partial charge in [-0.2, -0.15) is 0 Å². The normalized spacial score (nSPS) is 11.4. The summed E-state index contributed by atoms with van der Waals surface area (Å²) >= 11 is 5.13. The number of halogens is 1. The molecule has 0 amide bonds. The first-order valence-electron chi connectivity index (χ1n) is 3.50. The van der Waals surface area contributed by atoms with Crippen molar-refractivity contribution in [2.24, 2.45) is 9.86 Å². The number of rotatable bonds is 1. The standard InChI is InChI=1S/C8H6ClN3/c9-10-11-12-6-5-7-3-1-2-4-8(7)12/h1-6H. The number of benzene rings is 1. The number of hydrogen-bond donors (Lipinski definition) is 0. The van der Waals surface area contributed by atoms with Crippen molar-refractivity contribution in [3.05, 3.63) is 36.5 Å². The van der Waals surface area contributed by atoms with Crippen LogP contribution in [0, 0.1) is 0 Å². The number of aromatic nitrogens is 1. The average molecular weight is 180 g/mol. The third kappa shape index (κ3) is 1.08. The Morgan fingerprint density at radius 3 is 2.83 bits per heavy atom. The molecular formula is C8H6ClN3. The SMILES string of the molecule is ClN=Nn1ccc2ccccc21. The van der Waals surface area contributed by atoms with E-state index in [1.807, 2.05) is 36.5 Å². The van der Waals surface area contributed by atoms with Gasteiger partial charge in [0.25, 0.3) is 0 Å². The first-order chi connectivity index (χ1) is 5.92. The van der Waals surface area contributed by atoms with Gasteiger partial charge in [-0.1, -0.05) is 22.8 Å². The Bertz CT molecular complexity index is 419. The highest BCUT2D eigenvalue weighted by molar-refractivity contribution is 6.13. The maximum absolute atomic E-state index is 5.13. The zero-order valence-corrected chi connectivity index (χ0v) is 6.94. The second kappa shape index (κ2) is 2.95. The Kier molecular flexibility index (Phi) is 1.80.